The molecule has 0 aliphatic carbocycles. The third-order valence-corrected chi connectivity index (χ3v) is 15.2. The number of hydrogen-bond acceptors (Lipinski definition) is 6. The Morgan fingerprint density at radius 2 is 0.471 bits per heavy atom. The van der Waals surface area contributed by atoms with Gasteiger partial charge in [-0.05, 0) is 37.0 Å². The topological polar surface area (TPSA) is 78.9 Å². The van der Waals surface area contributed by atoms with Crippen molar-refractivity contribution in [1.29, 1.82) is 0 Å². The Bertz CT molecular complexity index is 1060. The van der Waals surface area contributed by atoms with Crippen molar-refractivity contribution < 1.29 is 28.6 Å². The van der Waals surface area contributed by atoms with Crippen LogP contribution in [0.5, 0.6) is 0 Å². The normalized spacial score (nSPS) is 13.3. The Hall–Kier alpha value is -1.59. The molecule has 6 heteroatoms. The van der Waals surface area contributed by atoms with Gasteiger partial charge in [-0.25, -0.2) is 0 Å². The van der Waals surface area contributed by atoms with Crippen molar-refractivity contribution in [2.45, 2.75) is 349 Å². The molecule has 0 bridgehead atoms. The molecule has 0 aliphatic heterocycles. The Morgan fingerprint density at radius 1 is 0.279 bits per heavy atom. The number of ether oxygens (including phenoxy) is 3. The maximum atomic E-state index is 12.9. The van der Waals surface area contributed by atoms with Gasteiger partial charge in [-0.15, -0.1) is 0 Å². The molecule has 0 aliphatic rings. The van der Waals surface area contributed by atoms with E-state index in [-0.39, 0.29) is 31.1 Å². The zero-order valence-electron chi connectivity index (χ0n) is 46.9. The SMILES string of the molecule is CCC(C)CCCCCCCCCCCCCCCCC(=O)OC[C@H](COC(=O)CCCCCCCCCCCCC(C)CC)OC(=O)CCCCCCCCCCCCCCCCC(C)CC. The summed E-state index contributed by atoms with van der Waals surface area (Å²) in [7, 11) is 0. The minimum Gasteiger partial charge on any atom is -0.462 e. The average Bonchev–Trinajstić information content (AvgIpc) is 3.34. The molecule has 0 amide bonds. The van der Waals surface area contributed by atoms with Crippen molar-refractivity contribution in [2.24, 2.45) is 17.8 Å². The van der Waals surface area contributed by atoms with Crippen LogP contribution in [0.3, 0.4) is 0 Å². The summed E-state index contributed by atoms with van der Waals surface area (Å²) in [5.74, 6) is 1.82. The third-order valence-electron chi connectivity index (χ3n) is 15.2. The summed E-state index contributed by atoms with van der Waals surface area (Å²) in [5.41, 5.74) is 0. The van der Waals surface area contributed by atoms with Gasteiger partial charge in [0.25, 0.3) is 0 Å². The summed E-state index contributed by atoms with van der Waals surface area (Å²) >= 11 is 0. The molecule has 0 N–H and O–H groups in total. The van der Waals surface area contributed by atoms with E-state index in [9.17, 15) is 14.4 Å². The second kappa shape index (κ2) is 53.2. The first kappa shape index (κ1) is 66.4. The first-order chi connectivity index (χ1) is 33.2. The van der Waals surface area contributed by atoms with Crippen LogP contribution in [0.15, 0.2) is 0 Å². The minimum atomic E-state index is -0.764. The van der Waals surface area contributed by atoms with Crippen molar-refractivity contribution in [3.8, 4) is 0 Å². The van der Waals surface area contributed by atoms with E-state index in [2.05, 4.69) is 41.5 Å². The molecule has 3 unspecified atom stereocenters. The average molecular weight is 962 g/mol. The standard InChI is InChI=1S/C62H120O6/c1-7-56(4)48-42-36-30-24-18-14-10-12-16-20-27-33-39-45-51-60(63)66-54-59(55-67-61(64)52-46-40-34-28-23-22-26-32-38-44-50-58(6)9-3)68-62(65)53-47-41-35-29-21-17-13-11-15-19-25-31-37-43-49-57(5)8-2/h56-59H,7-55H2,1-6H3/t56?,57?,58?,59-/m1/s1. The fourth-order valence-electron chi connectivity index (χ4n) is 9.43. The quantitative estimate of drug-likeness (QED) is 0.0343. The second-order valence-corrected chi connectivity index (χ2v) is 22.1. The van der Waals surface area contributed by atoms with E-state index < -0.39 is 6.10 Å². The van der Waals surface area contributed by atoms with E-state index >= 15 is 0 Å². The fraction of sp³-hybridized carbons (Fsp3) is 0.952. The molecule has 0 spiro atoms. The monoisotopic (exact) mass is 961 g/mol. The number of hydrogen-bond donors (Lipinski definition) is 0. The molecular formula is C62H120O6. The highest BCUT2D eigenvalue weighted by atomic mass is 16.6. The molecule has 68 heavy (non-hydrogen) atoms. The Labute approximate surface area is 425 Å². The van der Waals surface area contributed by atoms with Gasteiger partial charge in [-0.3, -0.25) is 14.4 Å². The van der Waals surface area contributed by atoms with Gasteiger partial charge in [-0.1, -0.05) is 305 Å². The molecule has 0 aromatic heterocycles. The smallest absolute Gasteiger partial charge is 0.306 e. The van der Waals surface area contributed by atoms with Gasteiger partial charge in [0.05, 0.1) is 0 Å². The lowest BCUT2D eigenvalue weighted by molar-refractivity contribution is -0.167. The number of carbonyl (C=O) groups is 3. The van der Waals surface area contributed by atoms with Crippen LogP contribution < -0.4 is 0 Å². The maximum Gasteiger partial charge on any atom is 0.306 e. The van der Waals surface area contributed by atoms with Crippen molar-refractivity contribution in [2.75, 3.05) is 13.2 Å². The minimum absolute atomic E-state index is 0.0632. The van der Waals surface area contributed by atoms with Crippen LogP contribution >= 0.6 is 0 Å². The molecule has 6 nitrogen and oxygen atoms in total. The number of unbranched alkanes of at least 4 members (excludes halogenated alkanes) is 35. The summed E-state index contributed by atoms with van der Waals surface area (Å²) in [6, 6.07) is 0. The molecule has 0 aromatic rings. The van der Waals surface area contributed by atoms with Crippen LogP contribution in [0.1, 0.15) is 343 Å². The predicted molar refractivity (Wildman–Crippen MR) is 293 cm³/mol. The zero-order chi connectivity index (χ0) is 49.8. The van der Waals surface area contributed by atoms with Crippen molar-refractivity contribution in [3.05, 3.63) is 0 Å². The number of rotatable bonds is 55. The summed E-state index contributed by atoms with van der Waals surface area (Å²) in [6.45, 7) is 13.9. The Balaban J connectivity index is 4.31. The Morgan fingerprint density at radius 3 is 0.691 bits per heavy atom. The van der Waals surface area contributed by atoms with Crippen LogP contribution in [0, 0.1) is 17.8 Å². The molecule has 0 saturated carbocycles. The lowest BCUT2D eigenvalue weighted by atomic mass is 9.99. The maximum absolute atomic E-state index is 12.9. The van der Waals surface area contributed by atoms with Gasteiger partial charge in [0.2, 0.25) is 0 Å². The van der Waals surface area contributed by atoms with E-state index in [1.54, 1.807) is 0 Å². The van der Waals surface area contributed by atoms with Crippen molar-refractivity contribution in [1.82, 2.24) is 0 Å². The highest BCUT2D eigenvalue weighted by Gasteiger charge is 2.19. The van der Waals surface area contributed by atoms with Crippen LogP contribution in [0.2, 0.25) is 0 Å². The second-order valence-electron chi connectivity index (χ2n) is 22.1. The highest BCUT2D eigenvalue weighted by molar-refractivity contribution is 5.71. The lowest BCUT2D eigenvalue weighted by Crippen LogP contribution is -2.30. The molecule has 0 heterocycles. The van der Waals surface area contributed by atoms with Crippen molar-refractivity contribution >= 4 is 17.9 Å². The lowest BCUT2D eigenvalue weighted by Gasteiger charge is -2.18. The molecule has 404 valence electrons. The van der Waals surface area contributed by atoms with Crippen molar-refractivity contribution in [3.63, 3.8) is 0 Å². The van der Waals surface area contributed by atoms with Gasteiger partial charge >= 0.3 is 17.9 Å². The van der Waals surface area contributed by atoms with Gasteiger partial charge in [-0.2, -0.15) is 0 Å². The van der Waals surface area contributed by atoms with E-state index in [4.69, 9.17) is 14.2 Å². The third kappa shape index (κ3) is 50.8. The predicted octanol–water partition coefficient (Wildman–Crippen LogP) is 20.3. The summed E-state index contributed by atoms with van der Waals surface area (Å²) in [5, 5.41) is 0. The summed E-state index contributed by atoms with van der Waals surface area (Å²) in [4.78, 5) is 38.2. The highest BCUT2D eigenvalue weighted by Crippen LogP contribution is 2.20. The van der Waals surface area contributed by atoms with Gasteiger partial charge in [0, 0.05) is 19.3 Å². The van der Waals surface area contributed by atoms with Crippen LogP contribution in [-0.4, -0.2) is 37.2 Å². The molecular weight excluding hydrogens is 841 g/mol. The van der Waals surface area contributed by atoms with Crippen LogP contribution in [0.25, 0.3) is 0 Å². The van der Waals surface area contributed by atoms with E-state index in [1.165, 1.54) is 225 Å². The van der Waals surface area contributed by atoms with Crippen LogP contribution in [-0.2, 0) is 28.6 Å². The first-order valence-electron chi connectivity index (χ1n) is 30.7. The van der Waals surface area contributed by atoms with E-state index in [1.807, 2.05) is 0 Å². The van der Waals surface area contributed by atoms with E-state index in [0.717, 1.165) is 75.5 Å². The van der Waals surface area contributed by atoms with E-state index in [0.29, 0.717) is 19.3 Å². The van der Waals surface area contributed by atoms with Gasteiger partial charge in [0.1, 0.15) is 13.2 Å². The molecule has 0 aromatic carbocycles. The zero-order valence-corrected chi connectivity index (χ0v) is 46.9. The first-order valence-corrected chi connectivity index (χ1v) is 30.7. The molecule has 0 radical (unpaired) electrons. The largest absolute Gasteiger partial charge is 0.462 e. The molecule has 0 saturated heterocycles. The van der Waals surface area contributed by atoms with Crippen LogP contribution in [0.4, 0.5) is 0 Å². The Kier molecular flexibility index (Phi) is 52.0. The van der Waals surface area contributed by atoms with Gasteiger partial charge < -0.3 is 14.2 Å². The summed E-state index contributed by atoms with van der Waals surface area (Å²) in [6.07, 6.45) is 56.5. The molecule has 0 fully saturated rings. The molecule has 4 atom stereocenters. The number of esters is 3. The summed E-state index contributed by atoms with van der Waals surface area (Å²) < 4.78 is 16.9. The number of carbonyl (C=O) groups excluding carboxylic acids is 3. The molecule has 0 rings (SSSR count). The van der Waals surface area contributed by atoms with Gasteiger partial charge in [0.15, 0.2) is 6.10 Å². The fourth-order valence-corrected chi connectivity index (χ4v) is 9.43.